The molecule has 1 atom stereocenters. The van der Waals surface area contributed by atoms with E-state index in [2.05, 4.69) is 12.2 Å². The molecule has 2 rings (SSSR count). The van der Waals surface area contributed by atoms with Crippen molar-refractivity contribution < 1.29 is 9.90 Å². The Hall–Kier alpha value is -1.75. The smallest absolute Gasteiger partial charge is 0.322 e. The highest BCUT2D eigenvalue weighted by atomic mass is 35.5. The van der Waals surface area contributed by atoms with Crippen molar-refractivity contribution in [3.05, 3.63) is 63.6 Å². The number of aliphatic hydroxyl groups is 1. The fourth-order valence-electron chi connectivity index (χ4n) is 2.56. The minimum Gasteiger partial charge on any atom is -0.387 e. The molecular formula is C20H24Cl2N2O2. The van der Waals surface area contributed by atoms with Gasteiger partial charge in [0.1, 0.15) is 0 Å². The van der Waals surface area contributed by atoms with Gasteiger partial charge in [0, 0.05) is 11.7 Å². The molecule has 4 nitrogen and oxygen atoms in total. The molecule has 26 heavy (non-hydrogen) atoms. The number of carbonyl (C=O) groups is 1. The van der Waals surface area contributed by atoms with E-state index >= 15 is 0 Å². The number of aryl methyl sites for hydroxylation is 1. The van der Waals surface area contributed by atoms with Crippen molar-refractivity contribution in [3.8, 4) is 0 Å². The van der Waals surface area contributed by atoms with Crippen LogP contribution in [0.5, 0.6) is 0 Å². The largest absolute Gasteiger partial charge is 0.387 e. The molecule has 0 aliphatic heterocycles. The summed E-state index contributed by atoms with van der Waals surface area (Å²) in [6, 6.07) is 12.4. The second kappa shape index (κ2) is 9.26. The van der Waals surface area contributed by atoms with Crippen LogP contribution in [0.3, 0.4) is 0 Å². The molecular weight excluding hydrogens is 371 g/mol. The fourth-order valence-corrected chi connectivity index (χ4v) is 2.87. The highest BCUT2D eigenvalue weighted by Crippen LogP contribution is 2.26. The number of rotatable bonds is 6. The maximum absolute atomic E-state index is 12.7. The van der Waals surface area contributed by atoms with Crippen molar-refractivity contribution in [2.75, 3.05) is 11.9 Å². The predicted molar refractivity (Wildman–Crippen MR) is 108 cm³/mol. The average molecular weight is 395 g/mol. The Morgan fingerprint density at radius 3 is 2.31 bits per heavy atom. The number of halogens is 2. The zero-order valence-corrected chi connectivity index (χ0v) is 16.7. The van der Waals surface area contributed by atoms with E-state index in [0.717, 1.165) is 12.1 Å². The van der Waals surface area contributed by atoms with Gasteiger partial charge in [0.15, 0.2) is 0 Å². The Labute approximate surface area is 164 Å². The third-order valence-electron chi connectivity index (χ3n) is 4.20. The summed E-state index contributed by atoms with van der Waals surface area (Å²) in [6.45, 7) is 6.04. The van der Waals surface area contributed by atoms with Crippen LogP contribution in [0.2, 0.25) is 10.0 Å². The molecule has 2 amide bonds. The monoisotopic (exact) mass is 394 g/mol. The molecule has 0 saturated carbocycles. The fraction of sp³-hybridized carbons (Fsp3) is 0.350. The van der Waals surface area contributed by atoms with Gasteiger partial charge in [0.25, 0.3) is 0 Å². The van der Waals surface area contributed by atoms with Crippen molar-refractivity contribution in [1.29, 1.82) is 0 Å². The summed E-state index contributed by atoms with van der Waals surface area (Å²) in [5.41, 5.74) is 2.55. The Balaban J connectivity index is 2.08. The number of anilines is 1. The lowest BCUT2D eigenvalue weighted by Crippen LogP contribution is -2.42. The first kappa shape index (κ1) is 20.6. The molecule has 0 heterocycles. The third-order valence-corrected chi connectivity index (χ3v) is 4.93. The van der Waals surface area contributed by atoms with Crippen LogP contribution in [0.4, 0.5) is 10.5 Å². The van der Waals surface area contributed by atoms with Crippen LogP contribution in [0.25, 0.3) is 0 Å². The first-order chi connectivity index (χ1) is 12.3. The number of aliphatic hydroxyl groups excluding tert-OH is 1. The molecule has 2 aromatic carbocycles. The van der Waals surface area contributed by atoms with Gasteiger partial charge in [-0.15, -0.1) is 0 Å². The number of carbonyl (C=O) groups excluding carboxylic acids is 1. The lowest BCUT2D eigenvalue weighted by Gasteiger charge is -2.29. The SMILES string of the molecule is CCc1ccc(NC(=O)N(CC(O)c2ccc(Cl)c(Cl)c2)C(C)C)cc1. The number of benzene rings is 2. The van der Waals surface area contributed by atoms with E-state index in [1.54, 1.807) is 23.1 Å². The van der Waals surface area contributed by atoms with Crippen molar-refractivity contribution >= 4 is 34.9 Å². The highest BCUT2D eigenvalue weighted by Gasteiger charge is 2.22. The molecule has 0 fully saturated rings. The average Bonchev–Trinajstić information content (AvgIpc) is 2.62. The Kier molecular flexibility index (Phi) is 7.33. The zero-order valence-electron chi connectivity index (χ0n) is 15.2. The first-order valence-electron chi connectivity index (χ1n) is 8.61. The standard InChI is InChI=1S/C20H24Cl2N2O2/c1-4-14-5-8-16(9-6-14)23-20(26)24(13(2)3)12-19(25)15-7-10-17(21)18(22)11-15/h5-11,13,19,25H,4,12H2,1-3H3,(H,23,26). The van der Waals surface area contributed by atoms with Crippen LogP contribution in [0.1, 0.15) is 38.0 Å². The lowest BCUT2D eigenvalue weighted by atomic mass is 10.1. The van der Waals surface area contributed by atoms with Gasteiger partial charge in [-0.1, -0.05) is 48.3 Å². The first-order valence-corrected chi connectivity index (χ1v) is 9.37. The number of nitrogens with one attached hydrogen (secondary N) is 1. The third kappa shape index (κ3) is 5.37. The van der Waals surface area contributed by atoms with Gasteiger partial charge in [-0.05, 0) is 55.7 Å². The molecule has 0 radical (unpaired) electrons. The van der Waals surface area contributed by atoms with Gasteiger partial charge in [0.2, 0.25) is 0 Å². The molecule has 6 heteroatoms. The van der Waals surface area contributed by atoms with E-state index in [1.165, 1.54) is 5.56 Å². The minimum atomic E-state index is -0.861. The van der Waals surface area contributed by atoms with Gasteiger partial charge in [-0.3, -0.25) is 0 Å². The zero-order chi connectivity index (χ0) is 19.3. The molecule has 140 valence electrons. The number of urea groups is 1. The summed E-state index contributed by atoms with van der Waals surface area (Å²) in [6.07, 6.45) is 0.0859. The molecule has 0 aromatic heterocycles. The minimum absolute atomic E-state index is 0.0812. The topological polar surface area (TPSA) is 52.6 Å². The Morgan fingerprint density at radius 2 is 1.77 bits per heavy atom. The summed E-state index contributed by atoms with van der Waals surface area (Å²) in [5, 5.41) is 14.2. The van der Waals surface area contributed by atoms with Crippen LogP contribution in [0, 0.1) is 0 Å². The summed E-state index contributed by atoms with van der Waals surface area (Å²) < 4.78 is 0. The van der Waals surface area contributed by atoms with Crippen molar-refractivity contribution in [3.63, 3.8) is 0 Å². The molecule has 2 aromatic rings. The van der Waals surface area contributed by atoms with E-state index in [-0.39, 0.29) is 18.6 Å². The Bertz CT molecular complexity index is 748. The summed E-state index contributed by atoms with van der Waals surface area (Å²) in [4.78, 5) is 14.2. The van der Waals surface area contributed by atoms with Crippen LogP contribution in [0.15, 0.2) is 42.5 Å². The summed E-state index contributed by atoms with van der Waals surface area (Å²) in [5.74, 6) is 0. The number of hydrogen-bond donors (Lipinski definition) is 2. The molecule has 0 spiro atoms. The maximum atomic E-state index is 12.7. The van der Waals surface area contributed by atoms with Crippen LogP contribution < -0.4 is 5.32 Å². The summed E-state index contributed by atoms with van der Waals surface area (Å²) >= 11 is 11.9. The normalized spacial score (nSPS) is 12.1. The molecule has 0 saturated heterocycles. The number of amides is 2. The summed E-state index contributed by atoms with van der Waals surface area (Å²) in [7, 11) is 0. The van der Waals surface area contributed by atoms with Crippen LogP contribution >= 0.6 is 23.2 Å². The van der Waals surface area contributed by atoms with Gasteiger partial charge < -0.3 is 15.3 Å². The van der Waals surface area contributed by atoms with Crippen molar-refractivity contribution in [1.82, 2.24) is 4.90 Å². The lowest BCUT2D eigenvalue weighted by molar-refractivity contribution is 0.113. The van der Waals surface area contributed by atoms with Crippen molar-refractivity contribution in [2.45, 2.75) is 39.3 Å². The molecule has 0 aliphatic carbocycles. The van der Waals surface area contributed by atoms with Crippen LogP contribution in [-0.4, -0.2) is 28.6 Å². The molecule has 2 N–H and O–H groups in total. The van der Waals surface area contributed by atoms with E-state index in [9.17, 15) is 9.90 Å². The van der Waals surface area contributed by atoms with E-state index in [0.29, 0.717) is 15.6 Å². The van der Waals surface area contributed by atoms with Crippen LogP contribution in [-0.2, 0) is 6.42 Å². The second-order valence-corrected chi connectivity index (χ2v) is 7.23. The maximum Gasteiger partial charge on any atom is 0.322 e. The highest BCUT2D eigenvalue weighted by molar-refractivity contribution is 6.42. The van der Waals surface area contributed by atoms with E-state index in [4.69, 9.17) is 23.2 Å². The Morgan fingerprint density at radius 1 is 1.12 bits per heavy atom. The molecule has 1 unspecified atom stereocenters. The number of nitrogens with zero attached hydrogens (tertiary/aromatic N) is 1. The van der Waals surface area contributed by atoms with Crippen molar-refractivity contribution in [2.24, 2.45) is 0 Å². The van der Waals surface area contributed by atoms with Gasteiger partial charge in [-0.2, -0.15) is 0 Å². The van der Waals surface area contributed by atoms with E-state index in [1.807, 2.05) is 38.1 Å². The molecule has 0 bridgehead atoms. The predicted octanol–water partition coefficient (Wildman–Crippen LogP) is 5.53. The van der Waals surface area contributed by atoms with Gasteiger partial charge >= 0.3 is 6.03 Å². The number of hydrogen-bond acceptors (Lipinski definition) is 2. The van der Waals surface area contributed by atoms with Gasteiger partial charge in [-0.25, -0.2) is 4.79 Å². The quantitative estimate of drug-likeness (QED) is 0.676. The molecule has 0 aliphatic rings. The van der Waals surface area contributed by atoms with E-state index < -0.39 is 6.10 Å². The second-order valence-electron chi connectivity index (χ2n) is 6.42. The van der Waals surface area contributed by atoms with Gasteiger partial charge in [0.05, 0.1) is 22.7 Å².